The van der Waals surface area contributed by atoms with Gasteiger partial charge in [0, 0.05) is 12.3 Å². The van der Waals surface area contributed by atoms with Gasteiger partial charge >= 0.3 is 0 Å². The Hall–Kier alpha value is -1.44. The summed E-state index contributed by atoms with van der Waals surface area (Å²) >= 11 is 0. The lowest BCUT2D eigenvalue weighted by atomic mass is 9.82. The highest BCUT2D eigenvalue weighted by molar-refractivity contribution is 6.04. The standard InChI is InChI=1S/C12H12O2/c13-10-6-7-11(12(14)8-10)9-4-2-1-3-5-9/h1-5,11H,6-8H2/t11-/m1/s1. The third-order valence-electron chi connectivity index (χ3n) is 2.67. The van der Waals surface area contributed by atoms with Crippen LogP contribution in [0, 0.1) is 0 Å². The van der Waals surface area contributed by atoms with E-state index in [0.29, 0.717) is 12.8 Å². The van der Waals surface area contributed by atoms with Crippen LogP contribution < -0.4 is 0 Å². The van der Waals surface area contributed by atoms with Gasteiger partial charge in [0.05, 0.1) is 6.42 Å². The largest absolute Gasteiger partial charge is 0.299 e. The molecule has 1 aliphatic rings. The number of rotatable bonds is 1. The zero-order valence-electron chi connectivity index (χ0n) is 7.90. The SMILES string of the molecule is O=C1CC[C@H](c2ccccc2)C(=O)C1. The molecule has 1 atom stereocenters. The molecule has 0 amide bonds. The van der Waals surface area contributed by atoms with Gasteiger partial charge in [0.15, 0.2) is 0 Å². The normalized spacial score (nSPS) is 22.4. The van der Waals surface area contributed by atoms with Crippen LogP contribution in [0.15, 0.2) is 30.3 Å². The second kappa shape index (κ2) is 3.74. The first-order valence-electron chi connectivity index (χ1n) is 4.87. The third-order valence-corrected chi connectivity index (χ3v) is 2.67. The molecular weight excluding hydrogens is 176 g/mol. The molecule has 0 N–H and O–H groups in total. The molecule has 14 heavy (non-hydrogen) atoms. The minimum atomic E-state index is -0.0473. The van der Waals surface area contributed by atoms with E-state index in [1.165, 1.54) is 0 Å². The highest BCUT2D eigenvalue weighted by Gasteiger charge is 2.27. The number of Topliss-reactive ketones (excluding diaryl/α,β-unsaturated/α-hetero) is 2. The van der Waals surface area contributed by atoms with Gasteiger partial charge in [-0.05, 0) is 12.0 Å². The van der Waals surface area contributed by atoms with Crippen LogP contribution in [0.25, 0.3) is 0 Å². The van der Waals surface area contributed by atoms with Crippen LogP contribution in [-0.2, 0) is 9.59 Å². The molecule has 1 aromatic rings. The third kappa shape index (κ3) is 1.74. The first-order chi connectivity index (χ1) is 6.77. The van der Waals surface area contributed by atoms with E-state index in [1.807, 2.05) is 30.3 Å². The smallest absolute Gasteiger partial charge is 0.147 e. The summed E-state index contributed by atoms with van der Waals surface area (Å²) in [6, 6.07) is 9.71. The molecule has 1 aliphatic carbocycles. The van der Waals surface area contributed by atoms with Crippen molar-refractivity contribution in [3.8, 4) is 0 Å². The van der Waals surface area contributed by atoms with Crippen LogP contribution in [0.5, 0.6) is 0 Å². The van der Waals surface area contributed by atoms with Gasteiger partial charge in [0.1, 0.15) is 11.6 Å². The van der Waals surface area contributed by atoms with Gasteiger partial charge in [-0.3, -0.25) is 9.59 Å². The van der Waals surface area contributed by atoms with E-state index >= 15 is 0 Å². The maximum absolute atomic E-state index is 11.6. The summed E-state index contributed by atoms with van der Waals surface area (Å²) < 4.78 is 0. The molecule has 0 spiro atoms. The summed E-state index contributed by atoms with van der Waals surface area (Å²) in [7, 11) is 0. The van der Waals surface area contributed by atoms with E-state index in [1.54, 1.807) is 0 Å². The molecule has 0 saturated heterocycles. The predicted molar refractivity (Wildman–Crippen MR) is 53.0 cm³/mol. The topological polar surface area (TPSA) is 34.1 Å². The summed E-state index contributed by atoms with van der Waals surface area (Å²) in [5.74, 6) is 0.114. The molecule has 1 aromatic carbocycles. The van der Waals surface area contributed by atoms with Gasteiger partial charge in [-0.1, -0.05) is 30.3 Å². The van der Waals surface area contributed by atoms with Crippen molar-refractivity contribution in [1.29, 1.82) is 0 Å². The van der Waals surface area contributed by atoms with Crippen molar-refractivity contribution < 1.29 is 9.59 Å². The summed E-state index contributed by atoms with van der Waals surface area (Å²) in [5, 5.41) is 0. The zero-order chi connectivity index (χ0) is 9.97. The Kier molecular flexibility index (Phi) is 2.44. The van der Waals surface area contributed by atoms with Gasteiger partial charge in [0.2, 0.25) is 0 Å². The summed E-state index contributed by atoms with van der Waals surface area (Å²) in [4.78, 5) is 22.6. The molecule has 2 heteroatoms. The molecule has 0 unspecified atom stereocenters. The Morgan fingerprint density at radius 2 is 1.79 bits per heavy atom. The first-order valence-corrected chi connectivity index (χ1v) is 4.87. The molecular formula is C12H12O2. The Labute approximate surface area is 82.9 Å². The maximum Gasteiger partial charge on any atom is 0.147 e. The quantitative estimate of drug-likeness (QED) is 0.632. The highest BCUT2D eigenvalue weighted by atomic mass is 16.1. The van der Waals surface area contributed by atoms with Gasteiger partial charge in [-0.2, -0.15) is 0 Å². The molecule has 0 aliphatic heterocycles. The number of hydrogen-bond donors (Lipinski definition) is 0. The van der Waals surface area contributed by atoms with Crippen molar-refractivity contribution in [2.24, 2.45) is 0 Å². The van der Waals surface area contributed by atoms with Crippen LogP contribution in [0.4, 0.5) is 0 Å². The fourth-order valence-corrected chi connectivity index (χ4v) is 1.91. The van der Waals surface area contributed by atoms with Crippen molar-refractivity contribution in [2.75, 3.05) is 0 Å². The molecule has 0 radical (unpaired) electrons. The average Bonchev–Trinajstić information content (AvgIpc) is 2.19. The fourth-order valence-electron chi connectivity index (χ4n) is 1.91. The number of carbonyl (C=O) groups excluding carboxylic acids is 2. The molecule has 1 saturated carbocycles. The number of ketones is 2. The van der Waals surface area contributed by atoms with E-state index in [2.05, 4.69) is 0 Å². The molecule has 72 valence electrons. The second-order valence-corrected chi connectivity index (χ2v) is 3.68. The van der Waals surface area contributed by atoms with Gasteiger partial charge in [-0.25, -0.2) is 0 Å². The van der Waals surface area contributed by atoms with Crippen molar-refractivity contribution in [3.63, 3.8) is 0 Å². The van der Waals surface area contributed by atoms with E-state index in [-0.39, 0.29) is 23.9 Å². The molecule has 1 fully saturated rings. The van der Waals surface area contributed by atoms with Crippen LogP contribution >= 0.6 is 0 Å². The molecule has 2 nitrogen and oxygen atoms in total. The Balaban J connectivity index is 2.20. The number of benzene rings is 1. The Morgan fingerprint density at radius 1 is 1.07 bits per heavy atom. The van der Waals surface area contributed by atoms with Crippen molar-refractivity contribution in [1.82, 2.24) is 0 Å². The minimum Gasteiger partial charge on any atom is -0.299 e. The molecule has 0 bridgehead atoms. The van der Waals surface area contributed by atoms with Gasteiger partial charge in [0.25, 0.3) is 0 Å². The maximum atomic E-state index is 11.6. The average molecular weight is 188 g/mol. The van der Waals surface area contributed by atoms with Crippen LogP contribution in [0.1, 0.15) is 30.7 Å². The molecule has 2 rings (SSSR count). The second-order valence-electron chi connectivity index (χ2n) is 3.68. The lowest BCUT2D eigenvalue weighted by Gasteiger charge is -2.19. The van der Waals surface area contributed by atoms with Gasteiger partial charge < -0.3 is 0 Å². The van der Waals surface area contributed by atoms with E-state index in [0.717, 1.165) is 5.56 Å². The zero-order valence-corrected chi connectivity index (χ0v) is 7.90. The summed E-state index contributed by atoms with van der Waals surface area (Å²) in [6.45, 7) is 0. The monoisotopic (exact) mass is 188 g/mol. The molecule has 0 heterocycles. The summed E-state index contributed by atoms with van der Waals surface area (Å²) in [6.07, 6.45) is 1.35. The van der Waals surface area contributed by atoms with Crippen molar-refractivity contribution >= 4 is 11.6 Å². The lowest BCUT2D eigenvalue weighted by Crippen LogP contribution is -2.23. The Bertz CT molecular complexity index is 354. The number of carbonyl (C=O) groups is 2. The van der Waals surface area contributed by atoms with E-state index in [9.17, 15) is 9.59 Å². The fraction of sp³-hybridized carbons (Fsp3) is 0.333. The molecule has 0 aromatic heterocycles. The van der Waals surface area contributed by atoms with Crippen molar-refractivity contribution in [3.05, 3.63) is 35.9 Å². The Morgan fingerprint density at radius 3 is 2.43 bits per heavy atom. The number of hydrogen-bond acceptors (Lipinski definition) is 2. The van der Waals surface area contributed by atoms with E-state index in [4.69, 9.17) is 0 Å². The first kappa shape index (κ1) is 9.13. The van der Waals surface area contributed by atoms with Crippen molar-refractivity contribution in [2.45, 2.75) is 25.2 Å². The van der Waals surface area contributed by atoms with Gasteiger partial charge in [-0.15, -0.1) is 0 Å². The minimum absolute atomic E-state index is 0.0473. The highest BCUT2D eigenvalue weighted by Crippen LogP contribution is 2.27. The van der Waals surface area contributed by atoms with Crippen LogP contribution in [0.3, 0.4) is 0 Å². The summed E-state index contributed by atoms with van der Waals surface area (Å²) in [5.41, 5.74) is 1.05. The van der Waals surface area contributed by atoms with Crippen LogP contribution in [-0.4, -0.2) is 11.6 Å². The van der Waals surface area contributed by atoms with E-state index < -0.39 is 0 Å². The predicted octanol–water partition coefficient (Wildman–Crippen LogP) is 2.09. The van der Waals surface area contributed by atoms with Crippen LogP contribution in [0.2, 0.25) is 0 Å². The lowest BCUT2D eigenvalue weighted by molar-refractivity contribution is -0.130.